The molecule has 0 aliphatic heterocycles. The Hall–Kier alpha value is -2.30. The van der Waals surface area contributed by atoms with Crippen LogP contribution in [-0.2, 0) is 9.59 Å². The van der Waals surface area contributed by atoms with E-state index in [0.717, 1.165) is 12.4 Å². The Balaban J connectivity index is 0.000000367. The van der Waals surface area contributed by atoms with Gasteiger partial charge in [0.1, 0.15) is 5.75 Å². The van der Waals surface area contributed by atoms with E-state index in [-0.39, 0.29) is 6.42 Å². The second-order valence-electron chi connectivity index (χ2n) is 3.84. The average molecular weight is 280 g/mol. The molecule has 0 amide bonds. The van der Waals surface area contributed by atoms with Crippen molar-refractivity contribution in [2.75, 3.05) is 6.61 Å². The van der Waals surface area contributed by atoms with E-state index < -0.39 is 17.9 Å². The molecule has 0 spiro atoms. The lowest BCUT2D eigenvalue weighted by atomic mass is 10.0. The summed E-state index contributed by atoms with van der Waals surface area (Å²) in [6.45, 7) is 6.08. The van der Waals surface area contributed by atoms with Gasteiger partial charge in [-0.3, -0.25) is 9.59 Å². The van der Waals surface area contributed by atoms with Crippen LogP contribution in [0.4, 0.5) is 0 Å². The van der Waals surface area contributed by atoms with Crippen LogP contribution in [-0.4, -0.2) is 28.8 Å². The first-order valence-corrected chi connectivity index (χ1v) is 6.27. The van der Waals surface area contributed by atoms with Gasteiger partial charge >= 0.3 is 11.9 Å². The number of carboxylic acid groups (broad SMARTS) is 2. The molecular formula is C15H20O5. The Bertz CT molecular complexity index is 400. The zero-order valence-electron chi connectivity index (χ0n) is 11.5. The molecule has 1 rings (SSSR count). The Kier molecular flexibility index (Phi) is 9.39. The highest BCUT2D eigenvalue weighted by Gasteiger charge is 2.24. The minimum absolute atomic E-state index is 0.105. The number of hydrogen-bond donors (Lipinski definition) is 2. The smallest absolute Gasteiger partial charge is 0.317 e. The number of aliphatic carboxylic acids is 2. The number of hydrogen-bond acceptors (Lipinski definition) is 3. The highest BCUT2D eigenvalue weighted by Crippen LogP contribution is 2.07. The van der Waals surface area contributed by atoms with Crippen molar-refractivity contribution in [3.05, 3.63) is 43.0 Å². The number of para-hydroxylation sites is 1. The van der Waals surface area contributed by atoms with Crippen molar-refractivity contribution >= 4 is 11.9 Å². The third-order valence-corrected chi connectivity index (χ3v) is 2.31. The predicted molar refractivity (Wildman–Crippen MR) is 75.8 cm³/mol. The Morgan fingerprint density at radius 3 is 2.20 bits per heavy atom. The summed E-state index contributed by atoms with van der Waals surface area (Å²) >= 11 is 0. The van der Waals surface area contributed by atoms with Gasteiger partial charge in [-0.25, -0.2) is 0 Å². The van der Waals surface area contributed by atoms with Crippen LogP contribution in [0, 0.1) is 5.92 Å². The van der Waals surface area contributed by atoms with Crippen LogP contribution < -0.4 is 4.74 Å². The standard InChI is InChI=1S/C8H10O.C7H10O4/c1-2-9-8-6-4-3-5-7-8;1-2-3-4-5(6(8)9)7(10)11/h3-7H,2H2,1H3;2,5H,1,3-4H2,(H,8,9)(H,10,11). The summed E-state index contributed by atoms with van der Waals surface area (Å²) in [4.78, 5) is 20.5. The lowest BCUT2D eigenvalue weighted by Gasteiger charge is -2.03. The van der Waals surface area contributed by atoms with Crippen LogP contribution in [0.1, 0.15) is 19.8 Å². The highest BCUT2D eigenvalue weighted by molar-refractivity contribution is 5.92. The maximum atomic E-state index is 10.2. The van der Waals surface area contributed by atoms with Crippen LogP contribution in [0.2, 0.25) is 0 Å². The van der Waals surface area contributed by atoms with Crippen molar-refractivity contribution in [3.8, 4) is 5.75 Å². The molecule has 2 N–H and O–H groups in total. The molecule has 0 aliphatic rings. The molecule has 0 aliphatic carbocycles. The second kappa shape index (κ2) is 10.6. The van der Waals surface area contributed by atoms with E-state index >= 15 is 0 Å². The van der Waals surface area contributed by atoms with Gasteiger partial charge in [-0.15, -0.1) is 6.58 Å². The molecule has 0 atom stereocenters. The molecule has 1 aromatic carbocycles. The summed E-state index contributed by atoms with van der Waals surface area (Å²) in [6.07, 6.45) is 2.01. The molecule has 0 saturated heterocycles. The number of ether oxygens (including phenoxy) is 1. The van der Waals surface area contributed by atoms with Gasteiger partial charge in [-0.2, -0.15) is 0 Å². The predicted octanol–water partition coefficient (Wildman–Crippen LogP) is 2.82. The Labute approximate surface area is 118 Å². The molecule has 0 fully saturated rings. The maximum absolute atomic E-state index is 10.2. The van der Waals surface area contributed by atoms with Gasteiger partial charge in [0, 0.05) is 0 Å². The summed E-state index contributed by atoms with van der Waals surface area (Å²) in [5, 5.41) is 16.7. The summed E-state index contributed by atoms with van der Waals surface area (Å²) in [5.74, 6) is -2.94. The first-order chi connectivity index (χ1) is 9.52. The molecule has 0 bridgehead atoms. The lowest BCUT2D eigenvalue weighted by Crippen LogP contribution is -2.22. The number of rotatable bonds is 7. The van der Waals surface area contributed by atoms with Gasteiger partial charge in [0.2, 0.25) is 0 Å². The molecule has 110 valence electrons. The van der Waals surface area contributed by atoms with Gasteiger partial charge < -0.3 is 14.9 Å². The fourth-order valence-corrected chi connectivity index (χ4v) is 1.32. The van der Waals surface area contributed by atoms with Crippen molar-refractivity contribution < 1.29 is 24.5 Å². The molecule has 0 aromatic heterocycles. The van der Waals surface area contributed by atoms with Crippen LogP contribution in [0.15, 0.2) is 43.0 Å². The molecule has 5 heteroatoms. The SMILES string of the molecule is C=CCCC(C(=O)O)C(=O)O.CCOc1ccccc1. The summed E-state index contributed by atoms with van der Waals surface area (Å²) in [6, 6.07) is 9.80. The zero-order valence-corrected chi connectivity index (χ0v) is 11.5. The number of carboxylic acids is 2. The van der Waals surface area contributed by atoms with Crippen molar-refractivity contribution in [1.82, 2.24) is 0 Å². The van der Waals surface area contributed by atoms with E-state index in [2.05, 4.69) is 6.58 Å². The molecule has 1 aromatic rings. The first kappa shape index (κ1) is 17.7. The van der Waals surface area contributed by atoms with Gasteiger partial charge in [0.25, 0.3) is 0 Å². The van der Waals surface area contributed by atoms with Crippen LogP contribution >= 0.6 is 0 Å². The van der Waals surface area contributed by atoms with E-state index in [4.69, 9.17) is 14.9 Å². The van der Waals surface area contributed by atoms with Gasteiger partial charge in [-0.1, -0.05) is 24.3 Å². The average Bonchev–Trinajstić information content (AvgIpc) is 2.41. The second-order valence-corrected chi connectivity index (χ2v) is 3.84. The molecule has 0 unspecified atom stereocenters. The molecule has 0 radical (unpaired) electrons. The van der Waals surface area contributed by atoms with Gasteiger partial charge in [0.15, 0.2) is 5.92 Å². The quantitative estimate of drug-likeness (QED) is 0.592. The largest absolute Gasteiger partial charge is 0.494 e. The molecule has 20 heavy (non-hydrogen) atoms. The number of allylic oxidation sites excluding steroid dienone is 1. The zero-order chi connectivity index (χ0) is 15.4. The van der Waals surface area contributed by atoms with Crippen LogP contribution in [0.3, 0.4) is 0 Å². The van der Waals surface area contributed by atoms with Gasteiger partial charge in [0.05, 0.1) is 6.61 Å². The minimum Gasteiger partial charge on any atom is -0.494 e. The minimum atomic E-state index is -1.30. The first-order valence-electron chi connectivity index (χ1n) is 6.27. The molecule has 5 nitrogen and oxygen atoms in total. The highest BCUT2D eigenvalue weighted by atomic mass is 16.5. The third-order valence-electron chi connectivity index (χ3n) is 2.31. The van der Waals surface area contributed by atoms with Crippen molar-refractivity contribution in [1.29, 1.82) is 0 Å². The van der Waals surface area contributed by atoms with Crippen molar-refractivity contribution in [3.63, 3.8) is 0 Å². The van der Waals surface area contributed by atoms with E-state index in [1.807, 2.05) is 37.3 Å². The molecule has 0 saturated carbocycles. The molecule has 0 heterocycles. The Morgan fingerprint density at radius 2 is 1.80 bits per heavy atom. The topological polar surface area (TPSA) is 83.8 Å². The number of carbonyl (C=O) groups is 2. The number of benzene rings is 1. The summed E-state index contributed by atoms with van der Waals surface area (Å²) < 4.78 is 5.21. The lowest BCUT2D eigenvalue weighted by molar-refractivity contribution is -0.154. The van der Waals surface area contributed by atoms with Gasteiger partial charge in [-0.05, 0) is 31.9 Å². The Morgan fingerprint density at radius 1 is 1.25 bits per heavy atom. The third kappa shape index (κ3) is 7.92. The van der Waals surface area contributed by atoms with E-state index in [1.165, 1.54) is 6.08 Å². The summed E-state index contributed by atoms with van der Waals surface area (Å²) in [7, 11) is 0. The van der Waals surface area contributed by atoms with Crippen molar-refractivity contribution in [2.24, 2.45) is 5.92 Å². The van der Waals surface area contributed by atoms with E-state index in [9.17, 15) is 9.59 Å². The maximum Gasteiger partial charge on any atom is 0.317 e. The fourth-order valence-electron chi connectivity index (χ4n) is 1.32. The van der Waals surface area contributed by atoms with Crippen LogP contribution in [0.25, 0.3) is 0 Å². The monoisotopic (exact) mass is 280 g/mol. The fraction of sp³-hybridized carbons (Fsp3) is 0.333. The summed E-state index contributed by atoms with van der Waals surface area (Å²) in [5.41, 5.74) is 0. The normalized spacial score (nSPS) is 9.30. The van der Waals surface area contributed by atoms with E-state index in [1.54, 1.807) is 0 Å². The molecular weight excluding hydrogens is 260 g/mol. The van der Waals surface area contributed by atoms with Crippen LogP contribution in [0.5, 0.6) is 5.75 Å². The van der Waals surface area contributed by atoms with E-state index in [0.29, 0.717) is 6.42 Å². The van der Waals surface area contributed by atoms with Crippen molar-refractivity contribution in [2.45, 2.75) is 19.8 Å².